The summed E-state index contributed by atoms with van der Waals surface area (Å²) < 4.78 is 2.35. The number of nitrogens with zero attached hydrogens (tertiary/aromatic N) is 4. The Hall–Kier alpha value is -8.21. The van der Waals surface area contributed by atoms with Crippen LogP contribution in [0, 0.1) is 0 Å². The lowest BCUT2D eigenvalue weighted by Crippen LogP contribution is -2.32. The van der Waals surface area contributed by atoms with Gasteiger partial charge in [-0.3, -0.25) is 0 Å². The van der Waals surface area contributed by atoms with E-state index in [4.69, 9.17) is 15.0 Å². The number of aromatic nitrogens is 4. The molecule has 0 aliphatic heterocycles. The lowest BCUT2D eigenvalue weighted by Gasteiger charge is -2.33. The molecule has 288 valence electrons. The summed E-state index contributed by atoms with van der Waals surface area (Å²) in [6.07, 6.45) is 0. The predicted molar refractivity (Wildman–Crippen MR) is 255 cm³/mol. The lowest BCUT2D eigenvalue weighted by atomic mass is 9.70. The molecule has 1 aliphatic rings. The number of fused-ring (bicyclic) bond motifs is 13. The molecule has 2 heterocycles. The Bertz CT molecular complexity index is 3740. The van der Waals surface area contributed by atoms with Crippen LogP contribution in [0.5, 0.6) is 0 Å². The van der Waals surface area contributed by atoms with Crippen LogP contribution in [0.1, 0.15) is 22.5 Å². The Morgan fingerprint density at radius 1 is 0.355 bits per heavy atom. The van der Waals surface area contributed by atoms with Gasteiger partial charge in [0.05, 0.1) is 11.0 Å². The van der Waals surface area contributed by atoms with Gasteiger partial charge in [-0.15, -0.1) is 0 Å². The summed E-state index contributed by atoms with van der Waals surface area (Å²) in [5, 5.41) is 9.62. The number of para-hydroxylation sites is 2. The minimum atomic E-state index is -0.927. The maximum absolute atomic E-state index is 5.76. The Morgan fingerprint density at radius 3 is 1.68 bits per heavy atom. The molecule has 0 N–H and O–H groups in total. The highest BCUT2D eigenvalue weighted by molar-refractivity contribution is 6.22. The standard InChI is InChI=1S/C58H36N4/c1-4-19-38(20-5-1)55-59-56(39-32-34-46-45-28-16-17-31-50(45)62(51(46)36-39)41-23-8-3-9-24-41)61-57(60-55)58(40-21-6-2-7-22-40)49-35-33-37-18-10-11-25-42(37)52(49)53-47-29-14-12-26-43(47)44-27-13-15-30-48(44)54(53)58/h1-36H. The molecule has 12 aromatic rings. The Kier molecular flexibility index (Phi) is 7.49. The monoisotopic (exact) mass is 788 g/mol. The first-order valence-corrected chi connectivity index (χ1v) is 21.2. The van der Waals surface area contributed by atoms with Crippen LogP contribution in [-0.4, -0.2) is 19.5 Å². The highest BCUT2D eigenvalue weighted by atomic mass is 15.1. The van der Waals surface area contributed by atoms with Gasteiger partial charge in [-0.2, -0.15) is 0 Å². The van der Waals surface area contributed by atoms with Crippen LogP contribution >= 0.6 is 0 Å². The Morgan fingerprint density at radius 2 is 0.919 bits per heavy atom. The molecular weight excluding hydrogens is 753 g/mol. The molecular formula is C58H36N4. The Labute approximate surface area is 358 Å². The molecule has 13 rings (SSSR count). The SMILES string of the molecule is c1ccc(-c2nc(-c3ccc4c5ccccc5n(-c5ccccc5)c4c3)nc(C3(c4ccccc4)c4ccc5ccccc5c4-c4c3c3ccccc3c3ccccc43)n2)cc1. The van der Waals surface area contributed by atoms with Crippen LogP contribution < -0.4 is 0 Å². The molecule has 1 unspecified atom stereocenters. The van der Waals surface area contributed by atoms with Gasteiger partial charge < -0.3 is 4.57 Å². The van der Waals surface area contributed by atoms with Gasteiger partial charge in [-0.05, 0) is 84.4 Å². The van der Waals surface area contributed by atoms with Gasteiger partial charge in [0, 0.05) is 27.6 Å². The molecule has 2 aromatic heterocycles. The zero-order valence-electron chi connectivity index (χ0n) is 33.6. The molecule has 0 radical (unpaired) electrons. The summed E-state index contributed by atoms with van der Waals surface area (Å²) in [7, 11) is 0. The van der Waals surface area contributed by atoms with Crippen LogP contribution in [0.15, 0.2) is 218 Å². The average Bonchev–Trinajstić information content (AvgIpc) is 3.86. The van der Waals surface area contributed by atoms with E-state index in [9.17, 15) is 0 Å². The van der Waals surface area contributed by atoms with E-state index in [2.05, 4.69) is 217 Å². The first-order valence-electron chi connectivity index (χ1n) is 21.2. The maximum atomic E-state index is 5.76. The molecule has 0 saturated heterocycles. The summed E-state index contributed by atoms with van der Waals surface area (Å²) in [6.45, 7) is 0. The van der Waals surface area contributed by atoms with E-state index in [1.54, 1.807) is 0 Å². The van der Waals surface area contributed by atoms with Gasteiger partial charge in [0.1, 0.15) is 5.41 Å². The van der Waals surface area contributed by atoms with Gasteiger partial charge in [-0.25, -0.2) is 15.0 Å². The number of rotatable bonds is 5. The van der Waals surface area contributed by atoms with E-state index in [1.807, 2.05) is 6.07 Å². The molecule has 4 heteroatoms. The van der Waals surface area contributed by atoms with Crippen molar-refractivity contribution in [2.45, 2.75) is 5.41 Å². The summed E-state index contributed by atoms with van der Waals surface area (Å²) in [5.74, 6) is 1.94. The molecule has 10 aromatic carbocycles. The minimum Gasteiger partial charge on any atom is -0.309 e. The summed E-state index contributed by atoms with van der Waals surface area (Å²) in [6, 6.07) is 78.4. The predicted octanol–water partition coefficient (Wildman–Crippen LogP) is 14.1. The first-order chi connectivity index (χ1) is 30.8. The van der Waals surface area contributed by atoms with Gasteiger partial charge in [0.25, 0.3) is 0 Å². The second kappa shape index (κ2) is 13.4. The van der Waals surface area contributed by atoms with E-state index in [0.29, 0.717) is 17.5 Å². The molecule has 4 nitrogen and oxygen atoms in total. The third-order valence-electron chi connectivity index (χ3n) is 13.0. The van der Waals surface area contributed by atoms with E-state index in [1.165, 1.54) is 59.8 Å². The molecule has 1 atom stereocenters. The zero-order valence-corrected chi connectivity index (χ0v) is 33.6. The van der Waals surface area contributed by atoms with Gasteiger partial charge in [0.2, 0.25) is 0 Å². The van der Waals surface area contributed by atoms with Crippen LogP contribution in [0.3, 0.4) is 0 Å². The zero-order chi connectivity index (χ0) is 40.8. The van der Waals surface area contributed by atoms with Crippen molar-refractivity contribution in [3.63, 3.8) is 0 Å². The third-order valence-corrected chi connectivity index (χ3v) is 13.0. The number of hydrogen-bond donors (Lipinski definition) is 0. The van der Waals surface area contributed by atoms with Crippen molar-refractivity contribution in [2.24, 2.45) is 0 Å². The van der Waals surface area contributed by atoms with Crippen molar-refractivity contribution < 1.29 is 0 Å². The number of benzene rings is 10. The largest absolute Gasteiger partial charge is 0.309 e. The fraction of sp³-hybridized carbons (Fsp3) is 0.0172. The van der Waals surface area contributed by atoms with E-state index < -0.39 is 5.41 Å². The van der Waals surface area contributed by atoms with Crippen molar-refractivity contribution in [1.82, 2.24) is 19.5 Å². The molecule has 0 bridgehead atoms. The molecule has 62 heavy (non-hydrogen) atoms. The summed E-state index contributed by atoms with van der Waals surface area (Å²) in [5.41, 5.74) is 10.2. The van der Waals surface area contributed by atoms with Gasteiger partial charge in [0.15, 0.2) is 17.5 Å². The van der Waals surface area contributed by atoms with Crippen molar-refractivity contribution >= 4 is 54.1 Å². The minimum absolute atomic E-state index is 0.622. The second-order valence-corrected chi connectivity index (χ2v) is 16.3. The molecule has 0 spiro atoms. The molecule has 0 saturated carbocycles. The van der Waals surface area contributed by atoms with Crippen molar-refractivity contribution in [3.8, 4) is 39.6 Å². The van der Waals surface area contributed by atoms with Crippen molar-refractivity contribution in [3.05, 3.63) is 241 Å². The highest BCUT2D eigenvalue weighted by Crippen LogP contribution is 2.61. The maximum Gasteiger partial charge on any atom is 0.163 e. The first kappa shape index (κ1) is 34.6. The third kappa shape index (κ3) is 4.86. The number of hydrogen-bond acceptors (Lipinski definition) is 3. The molecule has 0 amide bonds. The Balaban J connectivity index is 1.20. The second-order valence-electron chi connectivity index (χ2n) is 16.3. The lowest BCUT2D eigenvalue weighted by molar-refractivity contribution is 0.698. The quantitative estimate of drug-likeness (QED) is 0.163. The van der Waals surface area contributed by atoms with E-state index >= 15 is 0 Å². The topological polar surface area (TPSA) is 43.6 Å². The van der Waals surface area contributed by atoms with Crippen molar-refractivity contribution in [1.29, 1.82) is 0 Å². The van der Waals surface area contributed by atoms with Gasteiger partial charge >= 0.3 is 0 Å². The van der Waals surface area contributed by atoms with Gasteiger partial charge in [-0.1, -0.05) is 194 Å². The fourth-order valence-corrected chi connectivity index (χ4v) is 10.5. The van der Waals surface area contributed by atoms with Crippen molar-refractivity contribution in [2.75, 3.05) is 0 Å². The molecule has 0 fully saturated rings. The average molecular weight is 789 g/mol. The molecule has 1 aliphatic carbocycles. The summed E-state index contributed by atoms with van der Waals surface area (Å²) in [4.78, 5) is 16.8. The van der Waals surface area contributed by atoms with Crippen LogP contribution in [-0.2, 0) is 5.41 Å². The fourth-order valence-electron chi connectivity index (χ4n) is 10.5. The van der Waals surface area contributed by atoms with Crippen LogP contribution in [0.4, 0.5) is 0 Å². The summed E-state index contributed by atoms with van der Waals surface area (Å²) >= 11 is 0. The van der Waals surface area contributed by atoms with Crippen LogP contribution in [0.25, 0.3) is 93.7 Å². The van der Waals surface area contributed by atoms with Crippen LogP contribution in [0.2, 0.25) is 0 Å². The highest BCUT2D eigenvalue weighted by Gasteiger charge is 2.51. The van der Waals surface area contributed by atoms with E-state index in [0.717, 1.165) is 39.0 Å². The normalized spacial score (nSPS) is 14.5. The smallest absolute Gasteiger partial charge is 0.163 e. The van der Waals surface area contributed by atoms with E-state index in [-0.39, 0.29) is 0 Å².